The van der Waals surface area contributed by atoms with Gasteiger partial charge in [-0.2, -0.15) is 0 Å². The summed E-state index contributed by atoms with van der Waals surface area (Å²) in [5.41, 5.74) is 2.05. The smallest absolute Gasteiger partial charge is 0.238 e. The predicted molar refractivity (Wildman–Crippen MR) is 87.5 cm³/mol. The van der Waals surface area contributed by atoms with Crippen LogP contribution in [0.15, 0.2) is 24.3 Å². The Hall–Kier alpha value is -1.39. The Labute approximate surface area is 127 Å². The molecule has 1 unspecified atom stereocenters. The third kappa shape index (κ3) is 4.83. The van der Waals surface area contributed by atoms with E-state index < -0.39 is 0 Å². The molecule has 0 saturated carbocycles. The fourth-order valence-corrected chi connectivity index (χ4v) is 2.97. The second-order valence-corrected chi connectivity index (χ2v) is 6.11. The molecule has 21 heavy (non-hydrogen) atoms. The summed E-state index contributed by atoms with van der Waals surface area (Å²) in [6.45, 7) is 6.79. The van der Waals surface area contributed by atoms with Crippen molar-refractivity contribution >= 4 is 11.6 Å². The van der Waals surface area contributed by atoms with Gasteiger partial charge in [-0.3, -0.25) is 9.69 Å². The number of hydrogen-bond acceptors (Lipinski definition) is 3. The van der Waals surface area contributed by atoms with Crippen molar-refractivity contribution in [2.75, 3.05) is 32.0 Å². The number of likely N-dealkylation sites (tertiary alicyclic amines) is 1. The Kier molecular flexibility index (Phi) is 5.76. The Morgan fingerprint density at radius 3 is 2.71 bits per heavy atom. The zero-order chi connectivity index (χ0) is 15.2. The zero-order valence-corrected chi connectivity index (χ0v) is 13.4. The number of carbonyl (C=O) groups is 1. The molecular weight excluding hydrogens is 262 g/mol. The topological polar surface area (TPSA) is 44.4 Å². The van der Waals surface area contributed by atoms with Crippen molar-refractivity contribution in [3.05, 3.63) is 29.8 Å². The molecule has 1 amide bonds. The van der Waals surface area contributed by atoms with Crippen molar-refractivity contribution in [1.29, 1.82) is 0 Å². The fraction of sp³-hybridized carbons (Fsp3) is 0.588. The van der Waals surface area contributed by atoms with Crippen molar-refractivity contribution < 1.29 is 4.79 Å². The monoisotopic (exact) mass is 289 g/mol. The molecule has 0 bridgehead atoms. The summed E-state index contributed by atoms with van der Waals surface area (Å²) in [5.74, 6) is 0.812. The summed E-state index contributed by atoms with van der Waals surface area (Å²) in [4.78, 5) is 14.4. The van der Waals surface area contributed by atoms with Crippen molar-refractivity contribution in [3.63, 3.8) is 0 Å². The Morgan fingerprint density at radius 1 is 1.38 bits per heavy atom. The highest BCUT2D eigenvalue weighted by molar-refractivity contribution is 5.92. The minimum atomic E-state index is 0.0840. The number of benzene rings is 1. The molecule has 2 N–H and O–H groups in total. The van der Waals surface area contributed by atoms with E-state index >= 15 is 0 Å². The van der Waals surface area contributed by atoms with E-state index in [1.54, 1.807) is 0 Å². The third-order valence-corrected chi connectivity index (χ3v) is 4.46. The van der Waals surface area contributed by atoms with Gasteiger partial charge in [0.25, 0.3) is 0 Å². The molecule has 1 heterocycles. The third-order valence-electron chi connectivity index (χ3n) is 4.46. The van der Waals surface area contributed by atoms with Gasteiger partial charge in [0, 0.05) is 11.7 Å². The quantitative estimate of drug-likeness (QED) is 0.874. The lowest BCUT2D eigenvalue weighted by Crippen LogP contribution is -2.43. The lowest BCUT2D eigenvalue weighted by atomic mass is 9.90. The first kappa shape index (κ1) is 16.0. The van der Waals surface area contributed by atoms with Crippen LogP contribution in [-0.2, 0) is 4.79 Å². The first-order valence-corrected chi connectivity index (χ1v) is 7.84. The van der Waals surface area contributed by atoms with Crippen molar-refractivity contribution in [1.82, 2.24) is 10.2 Å². The summed E-state index contributed by atoms with van der Waals surface area (Å²) >= 11 is 0. The molecule has 1 aliphatic rings. The molecule has 0 aromatic heterocycles. The molecule has 0 spiro atoms. The largest absolute Gasteiger partial charge is 0.325 e. The van der Waals surface area contributed by atoms with E-state index in [0.29, 0.717) is 12.6 Å². The van der Waals surface area contributed by atoms with Crippen LogP contribution in [0.3, 0.4) is 0 Å². The van der Waals surface area contributed by atoms with E-state index in [-0.39, 0.29) is 5.91 Å². The van der Waals surface area contributed by atoms with Crippen molar-refractivity contribution in [3.8, 4) is 0 Å². The zero-order valence-electron chi connectivity index (χ0n) is 13.4. The van der Waals surface area contributed by atoms with Gasteiger partial charge >= 0.3 is 0 Å². The molecule has 4 heteroatoms. The van der Waals surface area contributed by atoms with Gasteiger partial charge in [0.1, 0.15) is 0 Å². The second kappa shape index (κ2) is 7.57. The average Bonchev–Trinajstić information content (AvgIpc) is 2.47. The van der Waals surface area contributed by atoms with Crippen LogP contribution in [0.1, 0.15) is 25.3 Å². The maximum atomic E-state index is 12.1. The number of nitrogens with one attached hydrogen (secondary N) is 2. The number of rotatable bonds is 5. The normalized spacial score (nSPS) is 18.4. The van der Waals surface area contributed by atoms with E-state index in [0.717, 1.165) is 30.3 Å². The van der Waals surface area contributed by atoms with E-state index in [1.807, 2.05) is 38.2 Å². The van der Waals surface area contributed by atoms with Gasteiger partial charge in [0.2, 0.25) is 5.91 Å². The summed E-state index contributed by atoms with van der Waals surface area (Å²) in [5, 5.41) is 6.31. The first-order chi connectivity index (χ1) is 10.1. The lowest BCUT2D eigenvalue weighted by molar-refractivity contribution is -0.117. The molecule has 1 aromatic carbocycles. The first-order valence-electron chi connectivity index (χ1n) is 7.84. The highest BCUT2D eigenvalue weighted by Gasteiger charge is 2.23. The molecule has 1 saturated heterocycles. The van der Waals surface area contributed by atoms with Gasteiger partial charge in [-0.1, -0.05) is 12.1 Å². The van der Waals surface area contributed by atoms with Gasteiger partial charge in [-0.25, -0.2) is 0 Å². The molecule has 2 rings (SSSR count). The standard InChI is InChI=1S/C17H27N3O/c1-13-5-4-6-16(11-13)19-17(21)12-20-9-7-15(8-10-20)14(2)18-3/h4-6,11,14-15,18H,7-10,12H2,1-3H3,(H,19,21). The lowest BCUT2D eigenvalue weighted by Gasteiger charge is -2.34. The molecule has 1 fully saturated rings. The molecular formula is C17H27N3O. The summed E-state index contributed by atoms with van der Waals surface area (Å²) in [6, 6.07) is 8.50. The van der Waals surface area contributed by atoms with Gasteiger partial charge in [0.05, 0.1) is 6.54 Å². The Balaban J connectivity index is 1.77. The van der Waals surface area contributed by atoms with Gasteiger partial charge in [0.15, 0.2) is 0 Å². The van der Waals surface area contributed by atoms with E-state index in [4.69, 9.17) is 0 Å². The fourth-order valence-electron chi connectivity index (χ4n) is 2.97. The molecule has 1 aromatic rings. The minimum absolute atomic E-state index is 0.0840. The average molecular weight is 289 g/mol. The number of amides is 1. The van der Waals surface area contributed by atoms with Crippen molar-refractivity contribution in [2.24, 2.45) is 5.92 Å². The van der Waals surface area contributed by atoms with E-state index in [1.165, 1.54) is 12.8 Å². The Bertz CT molecular complexity index is 467. The van der Waals surface area contributed by atoms with Crippen LogP contribution in [0.4, 0.5) is 5.69 Å². The summed E-state index contributed by atoms with van der Waals surface area (Å²) < 4.78 is 0. The van der Waals surface area contributed by atoms with Crippen LogP contribution in [0, 0.1) is 12.8 Å². The summed E-state index contributed by atoms with van der Waals surface area (Å²) in [6.07, 6.45) is 2.33. The maximum absolute atomic E-state index is 12.1. The highest BCUT2D eigenvalue weighted by atomic mass is 16.2. The molecule has 4 nitrogen and oxygen atoms in total. The van der Waals surface area contributed by atoms with Gasteiger partial charge in [-0.15, -0.1) is 0 Å². The van der Waals surface area contributed by atoms with Gasteiger partial charge < -0.3 is 10.6 Å². The highest BCUT2D eigenvalue weighted by Crippen LogP contribution is 2.20. The number of aryl methyl sites for hydroxylation is 1. The van der Waals surface area contributed by atoms with Crippen LogP contribution in [0.25, 0.3) is 0 Å². The number of hydrogen-bond donors (Lipinski definition) is 2. The number of anilines is 1. The Morgan fingerprint density at radius 2 is 2.10 bits per heavy atom. The molecule has 0 aliphatic carbocycles. The van der Waals surface area contributed by atoms with Crippen LogP contribution in [0.5, 0.6) is 0 Å². The van der Waals surface area contributed by atoms with E-state index in [2.05, 4.69) is 22.5 Å². The maximum Gasteiger partial charge on any atom is 0.238 e. The minimum Gasteiger partial charge on any atom is -0.325 e. The number of carbonyl (C=O) groups excluding carboxylic acids is 1. The molecule has 116 valence electrons. The SMILES string of the molecule is CNC(C)C1CCN(CC(=O)Nc2cccc(C)c2)CC1. The molecule has 1 aliphatic heterocycles. The second-order valence-electron chi connectivity index (χ2n) is 6.11. The number of nitrogens with zero attached hydrogens (tertiary/aromatic N) is 1. The van der Waals surface area contributed by atoms with Crippen molar-refractivity contribution in [2.45, 2.75) is 32.7 Å². The molecule has 1 atom stereocenters. The van der Waals surface area contributed by atoms with Crippen LogP contribution in [0.2, 0.25) is 0 Å². The van der Waals surface area contributed by atoms with Gasteiger partial charge in [-0.05, 0) is 70.4 Å². The van der Waals surface area contributed by atoms with Crippen LogP contribution >= 0.6 is 0 Å². The number of piperidine rings is 1. The summed E-state index contributed by atoms with van der Waals surface area (Å²) in [7, 11) is 2.02. The van der Waals surface area contributed by atoms with E-state index in [9.17, 15) is 4.79 Å². The van der Waals surface area contributed by atoms with Crippen LogP contribution in [-0.4, -0.2) is 43.5 Å². The predicted octanol–water partition coefficient (Wildman–Crippen LogP) is 2.25. The van der Waals surface area contributed by atoms with Crippen LogP contribution < -0.4 is 10.6 Å². The molecule has 0 radical (unpaired) electrons.